The number of nitrogens with zero attached hydrogens (tertiary/aromatic N) is 1. The fraction of sp³-hybridized carbons (Fsp3) is 0.455. The molecule has 2 atom stereocenters. The molecule has 0 saturated carbocycles. The lowest BCUT2D eigenvalue weighted by Gasteiger charge is -2.18. The SMILES string of the molecule is CO[C@H]1CNC[C@@H]1NC(=O)c1cccc(Cl)n1. The Balaban J connectivity index is 2.01. The molecule has 1 aliphatic rings. The maximum Gasteiger partial charge on any atom is 0.270 e. The summed E-state index contributed by atoms with van der Waals surface area (Å²) in [5.41, 5.74) is 0.319. The van der Waals surface area contributed by atoms with Gasteiger partial charge in [0.2, 0.25) is 0 Å². The van der Waals surface area contributed by atoms with Crippen molar-refractivity contribution in [2.45, 2.75) is 12.1 Å². The molecular weight excluding hydrogens is 242 g/mol. The van der Waals surface area contributed by atoms with E-state index in [0.717, 1.165) is 6.54 Å². The van der Waals surface area contributed by atoms with Gasteiger partial charge in [-0.25, -0.2) is 4.98 Å². The molecule has 1 aliphatic heterocycles. The van der Waals surface area contributed by atoms with E-state index >= 15 is 0 Å². The topological polar surface area (TPSA) is 63.2 Å². The number of ether oxygens (including phenoxy) is 1. The van der Waals surface area contributed by atoms with E-state index in [2.05, 4.69) is 15.6 Å². The molecule has 1 aromatic heterocycles. The zero-order valence-electron chi connectivity index (χ0n) is 9.44. The Morgan fingerprint density at radius 1 is 1.59 bits per heavy atom. The van der Waals surface area contributed by atoms with Crippen LogP contribution < -0.4 is 10.6 Å². The van der Waals surface area contributed by atoms with Gasteiger partial charge in [0, 0.05) is 20.2 Å². The Hall–Kier alpha value is -1.17. The maximum absolute atomic E-state index is 11.9. The van der Waals surface area contributed by atoms with Crippen molar-refractivity contribution >= 4 is 17.5 Å². The zero-order valence-corrected chi connectivity index (χ0v) is 10.2. The number of carbonyl (C=O) groups excluding carboxylic acids is 1. The Morgan fingerprint density at radius 2 is 2.41 bits per heavy atom. The number of hydrogen-bond acceptors (Lipinski definition) is 4. The number of pyridine rings is 1. The summed E-state index contributed by atoms with van der Waals surface area (Å²) in [5.74, 6) is -0.233. The van der Waals surface area contributed by atoms with Crippen molar-refractivity contribution in [3.8, 4) is 0 Å². The molecule has 2 N–H and O–H groups in total. The smallest absolute Gasteiger partial charge is 0.270 e. The van der Waals surface area contributed by atoms with Crippen molar-refractivity contribution in [3.05, 3.63) is 29.0 Å². The van der Waals surface area contributed by atoms with Gasteiger partial charge in [-0.15, -0.1) is 0 Å². The molecule has 92 valence electrons. The van der Waals surface area contributed by atoms with Gasteiger partial charge in [0.15, 0.2) is 0 Å². The van der Waals surface area contributed by atoms with Crippen LogP contribution in [-0.2, 0) is 4.74 Å². The summed E-state index contributed by atoms with van der Waals surface area (Å²) in [5, 5.41) is 6.34. The van der Waals surface area contributed by atoms with Gasteiger partial charge in [0.1, 0.15) is 10.8 Å². The predicted octanol–water partition coefficient (Wildman–Crippen LogP) is 0.452. The van der Waals surface area contributed by atoms with Gasteiger partial charge >= 0.3 is 0 Å². The second-order valence-corrected chi connectivity index (χ2v) is 4.25. The van der Waals surface area contributed by atoms with Gasteiger partial charge in [-0.2, -0.15) is 0 Å². The van der Waals surface area contributed by atoms with Gasteiger partial charge in [0.25, 0.3) is 5.91 Å². The standard InChI is InChI=1S/C11H14ClN3O2/c1-17-9-6-13-5-8(9)15-11(16)7-3-2-4-10(12)14-7/h2-4,8-9,13H,5-6H2,1H3,(H,15,16)/t8-,9-/m0/s1. The predicted molar refractivity (Wildman–Crippen MR) is 64.2 cm³/mol. The first kappa shape index (κ1) is 12.3. The number of halogens is 1. The van der Waals surface area contributed by atoms with E-state index in [4.69, 9.17) is 16.3 Å². The van der Waals surface area contributed by atoms with E-state index in [-0.39, 0.29) is 18.1 Å². The Kier molecular flexibility index (Phi) is 3.93. The van der Waals surface area contributed by atoms with Crippen molar-refractivity contribution in [2.24, 2.45) is 0 Å². The number of hydrogen-bond donors (Lipinski definition) is 2. The second-order valence-electron chi connectivity index (χ2n) is 3.86. The minimum atomic E-state index is -0.233. The first-order valence-corrected chi connectivity index (χ1v) is 5.75. The lowest BCUT2D eigenvalue weighted by atomic mass is 10.2. The first-order valence-electron chi connectivity index (χ1n) is 5.37. The molecule has 6 heteroatoms. The normalized spacial score (nSPS) is 23.6. The zero-order chi connectivity index (χ0) is 12.3. The van der Waals surface area contributed by atoms with Crippen LogP contribution >= 0.6 is 11.6 Å². The minimum absolute atomic E-state index is 0.00173. The molecule has 17 heavy (non-hydrogen) atoms. The molecule has 0 spiro atoms. The third kappa shape index (κ3) is 2.94. The molecule has 5 nitrogen and oxygen atoms in total. The summed E-state index contributed by atoms with van der Waals surface area (Å²) in [6, 6.07) is 4.93. The number of amides is 1. The van der Waals surface area contributed by atoms with Crippen LogP contribution in [0.15, 0.2) is 18.2 Å². The van der Waals surface area contributed by atoms with E-state index in [0.29, 0.717) is 17.4 Å². The highest BCUT2D eigenvalue weighted by Crippen LogP contribution is 2.07. The third-order valence-electron chi connectivity index (χ3n) is 2.73. The van der Waals surface area contributed by atoms with E-state index in [1.807, 2.05) is 0 Å². The molecule has 1 amide bonds. The quantitative estimate of drug-likeness (QED) is 0.770. The molecule has 0 bridgehead atoms. The van der Waals surface area contributed by atoms with E-state index in [1.165, 1.54) is 0 Å². The Morgan fingerprint density at radius 3 is 3.12 bits per heavy atom. The van der Waals surface area contributed by atoms with Crippen molar-refractivity contribution in [1.29, 1.82) is 0 Å². The molecule has 0 unspecified atom stereocenters. The van der Waals surface area contributed by atoms with Gasteiger partial charge in [-0.1, -0.05) is 17.7 Å². The Labute approximate surface area is 105 Å². The Bertz CT molecular complexity index is 413. The molecule has 1 saturated heterocycles. The summed E-state index contributed by atoms with van der Waals surface area (Å²) in [7, 11) is 1.63. The van der Waals surface area contributed by atoms with E-state index < -0.39 is 0 Å². The number of carbonyl (C=O) groups is 1. The third-order valence-corrected chi connectivity index (χ3v) is 2.94. The fourth-order valence-electron chi connectivity index (χ4n) is 1.82. The molecule has 0 aliphatic carbocycles. The van der Waals surface area contributed by atoms with Crippen LogP contribution in [0.5, 0.6) is 0 Å². The summed E-state index contributed by atoms with van der Waals surface area (Å²) < 4.78 is 5.26. The molecule has 1 fully saturated rings. The summed E-state index contributed by atoms with van der Waals surface area (Å²) in [6.07, 6.45) is -0.00173. The van der Waals surface area contributed by atoms with Crippen LogP contribution in [0.25, 0.3) is 0 Å². The number of nitrogens with one attached hydrogen (secondary N) is 2. The molecule has 2 rings (SSSR count). The number of methoxy groups -OCH3 is 1. The highest BCUT2D eigenvalue weighted by atomic mass is 35.5. The van der Waals surface area contributed by atoms with Crippen LogP contribution in [0.4, 0.5) is 0 Å². The van der Waals surface area contributed by atoms with Crippen LogP contribution in [0, 0.1) is 0 Å². The molecule has 0 radical (unpaired) electrons. The summed E-state index contributed by atoms with van der Waals surface area (Å²) >= 11 is 5.73. The first-order chi connectivity index (χ1) is 8.20. The van der Waals surface area contributed by atoms with Crippen LogP contribution in [0.1, 0.15) is 10.5 Å². The molecule has 0 aromatic carbocycles. The number of rotatable bonds is 3. The van der Waals surface area contributed by atoms with Crippen molar-refractivity contribution in [3.63, 3.8) is 0 Å². The monoisotopic (exact) mass is 255 g/mol. The maximum atomic E-state index is 11.9. The fourth-order valence-corrected chi connectivity index (χ4v) is 1.99. The summed E-state index contributed by atoms with van der Waals surface area (Å²) in [4.78, 5) is 15.9. The number of aromatic nitrogens is 1. The van der Waals surface area contributed by atoms with Crippen molar-refractivity contribution in [2.75, 3.05) is 20.2 Å². The molecule has 1 aromatic rings. The largest absolute Gasteiger partial charge is 0.378 e. The highest BCUT2D eigenvalue weighted by Gasteiger charge is 2.28. The van der Waals surface area contributed by atoms with Crippen molar-refractivity contribution in [1.82, 2.24) is 15.6 Å². The van der Waals surface area contributed by atoms with E-state index in [9.17, 15) is 4.79 Å². The average molecular weight is 256 g/mol. The summed E-state index contributed by atoms with van der Waals surface area (Å²) in [6.45, 7) is 1.44. The van der Waals surface area contributed by atoms with Gasteiger partial charge < -0.3 is 15.4 Å². The van der Waals surface area contributed by atoms with Gasteiger partial charge in [-0.3, -0.25) is 4.79 Å². The van der Waals surface area contributed by atoms with Crippen molar-refractivity contribution < 1.29 is 9.53 Å². The molecular formula is C11H14ClN3O2. The van der Waals surface area contributed by atoms with Gasteiger partial charge in [0.05, 0.1) is 12.1 Å². The van der Waals surface area contributed by atoms with Crippen LogP contribution in [0.2, 0.25) is 5.15 Å². The second kappa shape index (κ2) is 5.44. The minimum Gasteiger partial charge on any atom is -0.378 e. The molecule has 2 heterocycles. The van der Waals surface area contributed by atoms with E-state index in [1.54, 1.807) is 25.3 Å². The average Bonchev–Trinajstić information content (AvgIpc) is 2.76. The van der Waals surface area contributed by atoms with Crippen LogP contribution in [-0.4, -0.2) is 43.2 Å². The lowest BCUT2D eigenvalue weighted by Crippen LogP contribution is -2.43. The van der Waals surface area contributed by atoms with Gasteiger partial charge in [-0.05, 0) is 12.1 Å². The highest BCUT2D eigenvalue weighted by molar-refractivity contribution is 6.29. The van der Waals surface area contributed by atoms with Crippen LogP contribution in [0.3, 0.4) is 0 Å². The lowest BCUT2D eigenvalue weighted by molar-refractivity contribution is 0.0776.